The zero-order valence-electron chi connectivity index (χ0n) is 13.8. The van der Waals surface area contributed by atoms with E-state index in [1.54, 1.807) is 36.5 Å². The van der Waals surface area contributed by atoms with Crippen LogP contribution >= 0.6 is 23.2 Å². The lowest BCUT2D eigenvalue weighted by atomic mass is 10.2. The Morgan fingerprint density at radius 2 is 1.81 bits per heavy atom. The molecule has 26 heavy (non-hydrogen) atoms. The largest absolute Gasteiger partial charge is 0.495 e. The fourth-order valence-electron chi connectivity index (χ4n) is 2.30. The summed E-state index contributed by atoms with van der Waals surface area (Å²) in [5, 5.41) is 6.92. The van der Waals surface area contributed by atoms with Crippen LogP contribution in [0.15, 0.2) is 60.9 Å². The maximum absolute atomic E-state index is 12.5. The van der Waals surface area contributed by atoms with E-state index in [0.717, 1.165) is 5.69 Å². The minimum absolute atomic E-state index is 0.304. The molecule has 0 aliphatic carbocycles. The summed E-state index contributed by atoms with van der Waals surface area (Å²) in [5.74, 6) is 0.235. The molecule has 1 aromatic heterocycles. The van der Waals surface area contributed by atoms with Crippen LogP contribution in [0, 0.1) is 0 Å². The lowest BCUT2D eigenvalue weighted by Gasteiger charge is -2.10. The van der Waals surface area contributed by atoms with Crippen LogP contribution in [0.3, 0.4) is 0 Å². The molecule has 2 aromatic carbocycles. The van der Waals surface area contributed by atoms with Crippen LogP contribution in [-0.2, 0) is 0 Å². The Bertz CT molecular complexity index is 948. The first-order chi connectivity index (χ1) is 12.6. The summed E-state index contributed by atoms with van der Waals surface area (Å²) in [7, 11) is 1.53. The Morgan fingerprint density at radius 3 is 2.54 bits per heavy atom. The second-order valence-electron chi connectivity index (χ2n) is 5.37. The van der Waals surface area contributed by atoms with E-state index < -0.39 is 0 Å². The number of hydrogen-bond donors (Lipinski definition) is 2. The van der Waals surface area contributed by atoms with Crippen molar-refractivity contribution in [3.8, 4) is 5.75 Å². The highest BCUT2D eigenvalue weighted by Gasteiger charge is 2.10. The SMILES string of the molecule is COc1ccc(NC(=O)c2cncc(Nc3ccccc3Cl)c2)cc1Cl. The predicted octanol–water partition coefficient (Wildman–Crippen LogP) is 5.39. The van der Waals surface area contributed by atoms with Crippen molar-refractivity contribution in [3.05, 3.63) is 76.5 Å². The number of carbonyl (C=O) groups excluding carboxylic acids is 1. The Morgan fingerprint density at radius 1 is 1.00 bits per heavy atom. The highest BCUT2D eigenvalue weighted by molar-refractivity contribution is 6.33. The number of nitrogens with zero attached hydrogens (tertiary/aromatic N) is 1. The van der Waals surface area contributed by atoms with Crippen molar-refractivity contribution in [2.45, 2.75) is 0 Å². The van der Waals surface area contributed by atoms with Crippen molar-refractivity contribution >= 4 is 46.2 Å². The van der Waals surface area contributed by atoms with E-state index in [1.165, 1.54) is 13.3 Å². The zero-order chi connectivity index (χ0) is 18.5. The van der Waals surface area contributed by atoms with Gasteiger partial charge < -0.3 is 15.4 Å². The molecule has 0 fully saturated rings. The molecule has 0 radical (unpaired) electrons. The Balaban J connectivity index is 1.76. The minimum atomic E-state index is -0.304. The summed E-state index contributed by atoms with van der Waals surface area (Å²) < 4.78 is 5.10. The number of amides is 1. The third kappa shape index (κ3) is 4.25. The molecule has 1 amide bonds. The molecule has 0 aliphatic heterocycles. The molecule has 2 N–H and O–H groups in total. The van der Waals surface area contributed by atoms with Gasteiger partial charge >= 0.3 is 0 Å². The number of ether oxygens (including phenoxy) is 1. The van der Waals surface area contributed by atoms with Crippen molar-refractivity contribution in [1.29, 1.82) is 0 Å². The zero-order valence-corrected chi connectivity index (χ0v) is 15.3. The third-order valence-electron chi connectivity index (χ3n) is 3.56. The van der Waals surface area contributed by atoms with Gasteiger partial charge in [0.15, 0.2) is 0 Å². The minimum Gasteiger partial charge on any atom is -0.495 e. The molecular weight excluding hydrogens is 373 g/mol. The average molecular weight is 388 g/mol. The summed E-state index contributed by atoms with van der Waals surface area (Å²) in [6, 6.07) is 14.0. The monoisotopic (exact) mass is 387 g/mol. The van der Waals surface area contributed by atoms with Crippen LogP contribution in [0.4, 0.5) is 17.1 Å². The number of methoxy groups -OCH3 is 1. The van der Waals surface area contributed by atoms with E-state index in [4.69, 9.17) is 27.9 Å². The number of hydrogen-bond acceptors (Lipinski definition) is 4. The highest BCUT2D eigenvalue weighted by Crippen LogP contribution is 2.28. The van der Waals surface area contributed by atoms with Crippen LogP contribution in [-0.4, -0.2) is 18.0 Å². The average Bonchev–Trinajstić information content (AvgIpc) is 2.64. The van der Waals surface area contributed by atoms with Gasteiger partial charge in [0.2, 0.25) is 0 Å². The lowest BCUT2D eigenvalue weighted by molar-refractivity contribution is 0.102. The van der Waals surface area contributed by atoms with Crippen molar-refractivity contribution in [2.24, 2.45) is 0 Å². The Kier molecular flexibility index (Phi) is 5.61. The quantitative estimate of drug-likeness (QED) is 0.615. The number of rotatable bonds is 5. The van der Waals surface area contributed by atoms with E-state index in [-0.39, 0.29) is 5.91 Å². The molecule has 0 spiro atoms. The fourth-order valence-corrected chi connectivity index (χ4v) is 2.74. The Hall–Kier alpha value is -2.76. The molecule has 0 atom stereocenters. The first kappa shape index (κ1) is 18.0. The summed E-state index contributed by atoms with van der Waals surface area (Å²) >= 11 is 12.2. The molecular formula is C19H15Cl2N3O2. The van der Waals surface area contributed by atoms with Crippen molar-refractivity contribution in [3.63, 3.8) is 0 Å². The molecule has 0 saturated heterocycles. The predicted molar refractivity (Wildman–Crippen MR) is 105 cm³/mol. The van der Waals surface area contributed by atoms with Gasteiger partial charge in [-0.1, -0.05) is 35.3 Å². The topological polar surface area (TPSA) is 63.2 Å². The van der Waals surface area contributed by atoms with Crippen LogP contribution in [0.25, 0.3) is 0 Å². The molecule has 0 aliphatic rings. The summed E-state index contributed by atoms with van der Waals surface area (Å²) in [6.07, 6.45) is 3.10. The number of pyridine rings is 1. The van der Waals surface area contributed by atoms with Gasteiger partial charge in [-0.25, -0.2) is 0 Å². The molecule has 0 saturated carbocycles. The first-order valence-electron chi connectivity index (χ1n) is 7.68. The smallest absolute Gasteiger partial charge is 0.257 e. The fraction of sp³-hybridized carbons (Fsp3) is 0.0526. The van der Waals surface area contributed by atoms with Crippen LogP contribution < -0.4 is 15.4 Å². The molecule has 3 aromatic rings. The van der Waals surface area contributed by atoms with Gasteiger partial charge in [-0.05, 0) is 36.4 Å². The van der Waals surface area contributed by atoms with E-state index in [2.05, 4.69) is 15.6 Å². The lowest BCUT2D eigenvalue weighted by Crippen LogP contribution is -2.12. The summed E-state index contributed by atoms with van der Waals surface area (Å²) in [5.41, 5.74) is 2.34. The van der Waals surface area contributed by atoms with Gasteiger partial charge in [-0.3, -0.25) is 9.78 Å². The second kappa shape index (κ2) is 8.08. The van der Waals surface area contributed by atoms with Crippen molar-refractivity contribution in [1.82, 2.24) is 4.98 Å². The van der Waals surface area contributed by atoms with Gasteiger partial charge in [0.25, 0.3) is 5.91 Å². The standard InChI is InChI=1S/C19H15Cl2N3O2/c1-26-18-7-6-13(9-16(18)21)24-19(25)12-8-14(11-22-10-12)23-17-5-3-2-4-15(17)20/h2-11,23H,1H3,(H,24,25). The first-order valence-corrected chi connectivity index (χ1v) is 8.44. The molecule has 3 rings (SSSR count). The third-order valence-corrected chi connectivity index (χ3v) is 4.19. The van der Waals surface area contributed by atoms with Gasteiger partial charge in [0.05, 0.1) is 40.3 Å². The number of carbonyl (C=O) groups is 1. The molecule has 132 valence electrons. The maximum atomic E-state index is 12.5. The van der Waals surface area contributed by atoms with Crippen molar-refractivity contribution in [2.75, 3.05) is 17.7 Å². The molecule has 0 bridgehead atoms. The van der Waals surface area contributed by atoms with Gasteiger partial charge in [0.1, 0.15) is 5.75 Å². The molecule has 1 heterocycles. The molecule has 0 unspecified atom stereocenters. The number of para-hydroxylation sites is 1. The summed E-state index contributed by atoms with van der Waals surface area (Å²) in [4.78, 5) is 16.6. The van der Waals surface area contributed by atoms with Crippen LogP contribution in [0.1, 0.15) is 10.4 Å². The summed E-state index contributed by atoms with van der Waals surface area (Å²) in [6.45, 7) is 0. The van der Waals surface area contributed by atoms with E-state index in [1.807, 2.05) is 18.2 Å². The maximum Gasteiger partial charge on any atom is 0.257 e. The normalized spacial score (nSPS) is 10.3. The second-order valence-corrected chi connectivity index (χ2v) is 6.18. The molecule has 7 heteroatoms. The van der Waals surface area contributed by atoms with Crippen molar-refractivity contribution < 1.29 is 9.53 Å². The van der Waals surface area contributed by atoms with E-state index in [9.17, 15) is 4.79 Å². The van der Waals surface area contributed by atoms with Gasteiger partial charge in [0, 0.05) is 11.9 Å². The number of benzene rings is 2. The number of aromatic nitrogens is 1. The highest BCUT2D eigenvalue weighted by atomic mass is 35.5. The molecule has 5 nitrogen and oxygen atoms in total. The van der Waals surface area contributed by atoms with Gasteiger partial charge in [-0.15, -0.1) is 0 Å². The number of anilines is 3. The van der Waals surface area contributed by atoms with Gasteiger partial charge in [-0.2, -0.15) is 0 Å². The number of halogens is 2. The van der Waals surface area contributed by atoms with E-state index >= 15 is 0 Å². The van der Waals surface area contributed by atoms with Crippen LogP contribution in [0.5, 0.6) is 5.75 Å². The Labute approximate surface area is 160 Å². The number of nitrogens with one attached hydrogen (secondary N) is 2. The van der Waals surface area contributed by atoms with Crippen LogP contribution in [0.2, 0.25) is 10.0 Å². The van der Waals surface area contributed by atoms with E-state index in [0.29, 0.717) is 32.7 Å².